The topological polar surface area (TPSA) is 53.2 Å². The molecule has 0 saturated heterocycles. The van der Waals surface area contributed by atoms with E-state index in [1.54, 1.807) is 0 Å². The fourth-order valence-corrected chi connectivity index (χ4v) is 1.81. The summed E-state index contributed by atoms with van der Waals surface area (Å²) in [5.74, 6) is 0.680. The molecule has 6 heteroatoms. The third-order valence-electron chi connectivity index (χ3n) is 1.67. The van der Waals surface area contributed by atoms with Crippen molar-refractivity contribution >= 4 is 33.5 Å². The van der Waals surface area contributed by atoms with Crippen LogP contribution in [0.15, 0.2) is 15.2 Å². The second-order valence-electron chi connectivity index (χ2n) is 4.13. The number of halogens is 1. The van der Waals surface area contributed by atoms with Crippen LogP contribution in [0.1, 0.15) is 26.6 Å². The molecular formula is C9H14BrN3OS. The molecule has 1 unspecified atom stereocenters. The largest absolute Gasteiger partial charge is 0.591 e. The van der Waals surface area contributed by atoms with Gasteiger partial charge in [0, 0.05) is 13.2 Å². The van der Waals surface area contributed by atoms with Crippen LogP contribution in [0.5, 0.6) is 0 Å². The van der Waals surface area contributed by atoms with E-state index in [0.717, 1.165) is 4.60 Å². The van der Waals surface area contributed by atoms with Crippen molar-refractivity contribution in [2.45, 2.75) is 25.5 Å². The third kappa shape index (κ3) is 3.62. The Labute approximate surface area is 101 Å². The van der Waals surface area contributed by atoms with Gasteiger partial charge in [0.05, 0.1) is 0 Å². The fourth-order valence-electron chi connectivity index (χ4n) is 0.816. The van der Waals surface area contributed by atoms with Crippen LogP contribution in [-0.2, 0) is 18.4 Å². The normalized spacial score (nSPS) is 14.8. The molecule has 84 valence electrons. The molecule has 4 nitrogen and oxygen atoms in total. The molecule has 0 spiro atoms. The molecule has 0 N–H and O–H groups in total. The molecule has 15 heavy (non-hydrogen) atoms. The van der Waals surface area contributed by atoms with E-state index >= 15 is 0 Å². The Kier molecular flexibility index (Phi) is 3.97. The lowest BCUT2D eigenvalue weighted by molar-refractivity contribution is 0.561. The Bertz CT molecular complexity index is 370. The van der Waals surface area contributed by atoms with Crippen molar-refractivity contribution in [2.24, 2.45) is 11.4 Å². The van der Waals surface area contributed by atoms with Crippen LogP contribution in [-0.4, -0.2) is 25.1 Å². The molecule has 0 amide bonds. The summed E-state index contributed by atoms with van der Waals surface area (Å²) in [6.07, 6.45) is 3.35. The quantitative estimate of drug-likeness (QED) is 0.619. The molecule has 0 fully saturated rings. The smallest absolute Gasteiger partial charge is 0.156 e. The van der Waals surface area contributed by atoms with Crippen molar-refractivity contribution in [3.63, 3.8) is 0 Å². The molecule has 1 atom stereocenters. The number of hydrogen-bond acceptors (Lipinski definition) is 3. The molecule has 0 saturated carbocycles. The number of aryl methyl sites for hydroxylation is 1. The van der Waals surface area contributed by atoms with Crippen molar-refractivity contribution in [2.75, 3.05) is 0 Å². The van der Waals surface area contributed by atoms with Gasteiger partial charge in [-0.05, 0) is 36.7 Å². The van der Waals surface area contributed by atoms with Gasteiger partial charge in [-0.2, -0.15) is 0 Å². The zero-order valence-electron chi connectivity index (χ0n) is 9.19. The Morgan fingerprint density at radius 3 is 2.60 bits per heavy atom. The highest BCUT2D eigenvalue weighted by molar-refractivity contribution is 9.10. The van der Waals surface area contributed by atoms with Gasteiger partial charge >= 0.3 is 0 Å². The first-order chi connectivity index (χ1) is 6.80. The van der Waals surface area contributed by atoms with Crippen LogP contribution in [0.2, 0.25) is 0 Å². The highest BCUT2D eigenvalue weighted by Crippen LogP contribution is 2.16. The van der Waals surface area contributed by atoms with Crippen molar-refractivity contribution in [3.8, 4) is 0 Å². The summed E-state index contributed by atoms with van der Waals surface area (Å²) in [4.78, 5) is 4.16. The minimum atomic E-state index is -1.24. The van der Waals surface area contributed by atoms with E-state index < -0.39 is 11.4 Å². The monoisotopic (exact) mass is 291 g/mol. The first-order valence-electron chi connectivity index (χ1n) is 4.45. The van der Waals surface area contributed by atoms with Crippen molar-refractivity contribution in [1.29, 1.82) is 0 Å². The van der Waals surface area contributed by atoms with E-state index in [1.165, 1.54) is 6.21 Å². The summed E-state index contributed by atoms with van der Waals surface area (Å²) >= 11 is 2.02. The second-order valence-corrected chi connectivity index (χ2v) is 6.88. The Morgan fingerprint density at radius 1 is 1.60 bits per heavy atom. The van der Waals surface area contributed by atoms with Gasteiger partial charge in [0.15, 0.2) is 5.82 Å². The van der Waals surface area contributed by atoms with Crippen LogP contribution in [0.4, 0.5) is 0 Å². The lowest BCUT2D eigenvalue weighted by Gasteiger charge is -2.17. The predicted molar refractivity (Wildman–Crippen MR) is 66.4 cm³/mol. The summed E-state index contributed by atoms with van der Waals surface area (Å²) in [5.41, 5.74) is 0. The molecule has 1 heterocycles. The van der Waals surface area contributed by atoms with E-state index in [9.17, 15) is 4.55 Å². The average Bonchev–Trinajstić information content (AvgIpc) is 2.39. The van der Waals surface area contributed by atoms with E-state index in [2.05, 4.69) is 25.3 Å². The van der Waals surface area contributed by atoms with Crippen LogP contribution < -0.4 is 0 Å². The maximum absolute atomic E-state index is 11.6. The van der Waals surface area contributed by atoms with Crippen LogP contribution >= 0.6 is 15.9 Å². The SMILES string of the molecule is Cn1cc(Br)nc1/C=N/[S+]([O-])C(C)(C)C. The van der Waals surface area contributed by atoms with E-state index in [4.69, 9.17) is 0 Å². The Balaban J connectivity index is 2.78. The highest BCUT2D eigenvalue weighted by Gasteiger charge is 2.25. The van der Waals surface area contributed by atoms with Crippen LogP contribution in [0.3, 0.4) is 0 Å². The maximum atomic E-state index is 11.6. The molecule has 1 aromatic heterocycles. The number of hydrogen-bond donors (Lipinski definition) is 0. The van der Waals surface area contributed by atoms with Crippen molar-refractivity contribution in [1.82, 2.24) is 9.55 Å². The van der Waals surface area contributed by atoms with E-state index in [-0.39, 0.29) is 4.75 Å². The van der Waals surface area contributed by atoms with Gasteiger partial charge in [-0.25, -0.2) is 4.98 Å². The average molecular weight is 292 g/mol. The van der Waals surface area contributed by atoms with Crippen molar-refractivity contribution < 1.29 is 4.55 Å². The molecule has 0 bridgehead atoms. The van der Waals surface area contributed by atoms with Gasteiger partial charge in [-0.15, -0.1) is 0 Å². The summed E-state index contributed by atoms with van der Waals surface area (Å²) in [6, 6.07) is 0. The standard InChI is InChI=1S/C9H14BrN3OS/c1-9(2,3)15(14)11-5-8-12-7(10)6-13(8)4/h5-6H,1-4H3/b11-5+. The first-order valence-corrected chi connectivity index (χ1v) is 6.35. The number of aromatic nitrogens is 2. The first kappa shape index (κ1) is 12.7. The number of nitrogens with zero attached hydrogens (tertiary/aromatic N) is 3. The molecular weight excluding hydrogens is 278 g/mol. The molecule has 1 aromatic rings. The van der Waals surface area contributed by atoms with Crippen molar-refractivity contribution in [3.05, 3.63) is 16.6 Å². The van der Waals surface area contributed by atoms with E-state index in [1.807, 2.05) is 38.6 Å². The van der Waals surface area contributed by atoms with Crippen LogP contribution in [0, 0.1) is 0 Å². The van der Waals surface area contributed by atoms with Gasteiger partial charge in [-0.3, -0.25) is 0 Å². The molecule has 0 aliphatic carbocycles. The molecule has 0 radical (unpaired) electrons. The maximum Gasteiger partial charge on any atom is 0.156 e. The van der Waals surface area contributed by atoms with Gasteiger partial charge in [0.1, 0.15) is 26.9 Å². The number of rotatable bonds is 2. The minimum absolute atomic E-state index is 0.334. The molecule has 0 aliphatic rings. The highest BCUT2D eigenvalue weighted by atomic mass is 79.9. The Hall–Kier alpha value is -0.330. The van der Waals surface area contributed by atoms with Crippen LogP contribution in [0.25, 0.3) is 0 Å². The summed E-state index contributed by atoms with van der Waals surface area (Å²) in [5, 5.41) is 0. The number of imidazole rings is 1. The van der Waals surface area contributed by atoms with Gasteiger partial charge in [-0.1, -0.05) is 4.40 Å². The predicted octanol–water partition coefficient (Wildman–Crippen LogP) is 2.06. The second kappa shape index (κ2) is 4.67. The third-order valence-corrected chi connectivity index (χ3v) is 3.40. The summed E-state index contributed by atoms with van der Waals surface area (Å²) < 4.78 is 17.8. The van der Waals surface area contributed by atoms with Gasteiger partial charge in [0.25, 0.3) is 0 Å². The summed E-state index contributed by atoms with van der Waals surface area (Å²) in [7, 11) is 1.86. The zero-order chi connectivity index (χ0) is 11.6. The Morgan fingerprint density at radius 2 is 2.20 bits per heavy atom. The minimum Gasteiger partial charge on any atom is -0.591 e. The van der Waals surface area contributed by atoms with E-state index in [0.29, 0.717) is 5.82 Å². The molecule has 0 aromatic carbocycles. The fraction of sp³-hybridized carbons (Fsp3) is 0.556. The lowest BCUT2D eigenvalue weighted by atomic mass is 10.3. The molecule has 1 rings (SSSR count). The van der Waals surface area contributed by atoms with Gasteiger partial charge in [0.2, 0.25) is 0 Å². The molecule has 0 aliphatic heterocycles. The lowest BCUT2D eigenvalue weighted by Crippen LogP contribution is -2.26. The van der Waals surface area contributed by atoms with Gasteiger partial charge < -0.3 is 9.12 Å². The zero-order valence-corrected chi connectivity index (χ0v) is 11.6. The summed E-state index contributed by atoms with van der Waals surface area (Å²) in [6.45, 7) is 5.65.